The molecule has 4 heterocycles. The van der Waals surface area contributed by atoms with Crippen LogP contribution in [0.2, 0.25) is 0 Å². The summed E-state index contributed by atoms with van der Waals surface area (Å²) in [4.78, 5) is 32.5. The van der Waals surface area contributed by atoms with E-state index < -0.39 is 41.3 Å². The third-order valence-electron chi connectivity index (χ3n) is 7.30. The number of nitrogens with zero attached hydrogens (tertiary/aromatic N) is 6. The van der Waals surface area contributed by atoms with Gasteiger partial charge in [-0.25, -0.2) is 18.6 Å². The van der Waals surface area contributed by atoms with Crippen molar-refractivity contribution in [1.82, 2.24) is 24.6 Å². The Bertz CT molecular complexity index is 1460. The molecule has 2 aliphatic heterocycles. The molecule has 2 fully saturated rings. The van der Waals surface area contributed by atoms with Crippen LogP contribution >= 0.6 is 0 Å². The SMILES string of the molecule is CN(c1cnc(-c2cc3c(F)cn(C)c(=O)c3cc2O)nn1)[C@H]1C[C@@H]2CCC([C@H]1F)N2C(=O)OC(C)(C)C. The zero-order valence-corrected chi connectivity index (χ0v) is 21.9. The Labute approximate surface area is 217 Å². The lowest BCUT2D eigenvalue weighted by Gasteiger charge is -2.44. The number of aryl methyl sites for hydroxylation is 1. The highest BCUT2D eigenvalue weighted by Crippen LogP contribution is 2.41. The third kappa shape index (κ3) is 4.41. The molecule has 4 atom stereocenters. The maximum Gasteiger partial charge on any atom is 0.410 e. The number of benzene rings is 1. The number of halogens is 2. The van der Waals surface area contributed by atoms with Crippen LogP contribution in [-0.4, -0.2) is 72.8 Å². The van der Waals surface area contributed by atoms with E-state index in [9.17, 15) is 19.1 Å². The molecular weight excluding hydrogens is 498 g/mol. The fourth-order valence-corrected chi connectivity index (χ4v) is 5.45. The van der Waals surface area contributed by atoms with Gasteiger partial charge in [0.25, 0.3) is 5.56 Å². The molecule has 1 N–H and O–H groups in total. The lowest BCUT2D eigenvalue weighted by Crippen LogP contribution is -2.59. The van der Waals surface area contributed by atoms with Gasteiger partial charge >= 0.3 is 6.09 Å². The van der Waals surface area contributed by atoms with E-state index in [1.165, 1.54) is 25.4 Å². The van der Waals surface area contributed by atoms with E-state index in [1.54, 1.807) is 37.6 Å². The molecule has 1 unspecified atom stereocenters. The molecule has 1 amide bonds. The third-order valence-corrected chi connectivity index (χ3v) is 7.30. The number of pyridine rings is 1. The number of phenolic OH excluding ortho intramolecular Hbond substituents is 1. The highest BCUT2D eigenvalue weighted by molar-refractivity contribution is 5.89. The van der Waals surface area contributed by atoms with Crippen molar-refractivity contribution in [2.45, 2.75) is 69.9 Å². The molecule has 1 aromatic carbocycles. The first-order valence-corrected chi connectivity index (χ1v) is 12.5. The number of carbonyl (C=O) groups is 1. The van der Waals surface area contributed by atoms with Crippen molar-refractivity contribution in [2.75, 3.05) is 11.9 Å². The van der Waals surface area contributed by atoms with Crippen LogP contribution in [-0.2, 0) is 11.8 Å². The van der Waals surface area contributed by atoms with Gasteiger partial charge < -0.3 is 19.3 Å². The summed E-state index contributed by atoms with van der Waals surface area (Å²) in [6.45, 7) is 5.35. The summed E-state index contributed by atoms with van der Waals surface area (Å²) in [6.07, 6.45) is 2.29. The minimum atomic E-state index is -1.33. The highest BCUT2D eigenvalue weighted by atomic mass is 19.1. The molecule has 3 aromatic rings. The molecule has 0 aliphatic carbocycles. The molecule has 10 nitrogen and oxygen atoms in total. The predicted octanol–water partition coefficient (Wildman–Crippen LogP) is 3.55. The molecule has 2 aliphatic rings. The predicted molar refractivity (Wildman–Crippen MR) is 136 cm³/mol. The number of piperidine rings is 1. The Morgan fingerprint density at radius 1 is 1.21 bits per heavy atom. The normalized spacial score (nSPS) is 23.1. The molecule has 0 radical (unpaired) electrons. The van der Waals surface area contributed by atoms with Crippen LogP contribution in [0.15, 0.2) is 29.3 Å². The quantitative estimate of drug-likeness (QED) is 0.549. The number of rotatable bonds is 3. The molecule has 2 aromatic heterocycles. The van der Waals surface area contributed by atoms with Crippen LogP contribution in [0.25, 0.3) is 22.2 Å². The number of aromatic nitrogens is 4. The fourth-order valence-electron chi connectivity index (χ4n) is 5.45. The first-order valence-electron chi connectivity index (χ1n) is 12.5. The number of carbonyl (C=O) groups excluding carboxylic acids is 1. The van der Waals surface area contributed by atoms with Crippen LogP contribution in [0.5, 0.6) is 5.75 Å². The van der Waals surface area contributed by atoms with E-state index in [1.807, 2.05) is 0 Å². The number of aromatic hydroxyl groups is 1. The maximum atomic E-state index is 15.7. The second kappa shape index (κ2) is 9.17. The number of phenols is 1. The average Bonchev–Trinajstić information content (AvgIpc) is 3.20. The van der Waals surface area contributed by atoms with Gasteiger partial charge in [-0.15, -0.1) is 10.2 Å². The first-order chi connectivity index (χ1) is 17.9. The van der Waals surface area contributed by atoms with E-state index in [0.717, 1.165) is 10.8 Å². The monoisotopic (exact) mass is 528 g/mol. The topological polar surface area (TPSA) is 114 Å². The van der Waals surface area contributed by atoms with Crippen molar-refractivity contribution in [2.24, 2.45) is 7.05 Å². The van der Waals surface area contributed by atoms with Crippen LogP contribution in [0.4, 0.5) is 19.4 Å². The number of ether oxygens (including phenoxy) is 1. The summed E-state index contributed by atoms with van der Waals surface area (Å²) in [5.74, 6) is -0.586. The number of alkyl halides is 1. The zero-order valence-electron chi connectivity index (χ0n) is 21.9. The number of amides is 1. The Morgan fingerprint density at radius 2 is 1.95 bits per heavy atom. The maximum absolute atomic E-state index is 15.7. The minimum Gasteiger partial charge on any atom is -0.507 e. The lowest BCUT2D eigenvalue weighted by atomic mass is 9.94. The number of anilines is 1. The summed E-state index contributed by atoms with van der Waals surface area (Å²) in [6, 6.07) is 1.21. The standard InChI is InChI=1S/C26H30F2N6O4/c1-26(2,3)38-25(37)34-13-6-7-18(34)22(28)19(8-13)33(5)21-11-29-23(31-30-21)16-9-14-15(10-20(16)35)24(36)32(4)12-17(14)27/h9-13,18-19,22,35H,6-8H2,1-5H3/t13-,18?,19-,22+/m0/s1. The molecule has 2 saturated heterocycles. The van der Waals surface area contributed by atoms with E-state index in [-0.39, 0.29) is 34.0 Å². The highest BCUT2D eigenvalue weighted by Gasteiger charge is 2.52. The molecule has 0 spiro atoms. The average molecular weight is 529 g/mol. The number of fused-ring (bicyclic) bond motifs is 3. The van der Waals surface area contributed by atoms with E-state index >= 15 is 4.39 Å². The molecule has 2 bridgehead atoms. The van der Waals surface area contributed by atoms with Crippen LogP contribution < -0.4 is 10.5 Å². The fraction of sp³-hybridized carbons (Fsp3) is 0.500. The van der Waals surface area contributed by atoms with Gasteiger partial charge in [-0.2, -0.15) is 0 Å². The van der Waals surface area contributed by atoms with Crippen molar-refractivity contribution < 1.29 is 23.4 Å². The second-order valence-electron chi connectivity index (χ2n) is 11.0. The minimum absolute atomic E-state index is 0.0261. The van der Waals surface area contributed by atoms with Crippen molar-refractivity contribution in [3.63, 3.8) is 0 Å². The lowest BCUT2D eigenvalue weighted by molar-refractivity contribution is -0.0104. The van der Waals surface area contributed by atoms with E-state index in [4.69, 9.17) is 4.74 Å². The Morgan fingerprint density at radius 3 is 2.61 bits per heavy atom. The van der Waals surface area contributed by atoms with Crippen molar-refractivity contribution in [1.29, 1.82) is 0 Å². The van der Waals surface area contributed by atoms with Crippen LogP contribution in [0.1, 0.15) is 40.0 Å². The van der Waals surface area contributed by atoms with Gasteiger partial charge in [-0.05, 0) is 52.2 Å². The Kier molecular flexibility index (Phi) is 6.23. The van der Waals surface area contributed by atoms with Gasteiger partial charge in [-0.3, -0.25) is 9.69 Å². The summed E-state index contributed by atoms with van der Waals surface area (Å²) in [5, 5.41) is 18.8. The molecule has 38 heavy (non-hydrogen) atoms. The Hall–Kier alpha value is -3.83. The number of hydrogen-bond acceptors (Lipinski definition) is 8. The van der Waals surface area contributed by atoms with Crippen molar-refractivity contribution in [3.05, 3.63) is 40.7 Å². The van der Waals surface area contributed by atoms with E-state index in [0.29, 0.717) is 25.1 Å². The Balaban J connectivity index is 1.37. The van der Waals surface area contributed by atoms with Crippen molar-refractivity contribution in [3.8, 4) is 17.1 Å². The van der Waals surface area contributed by atoms with Gasteiger partial charge in [0.1, 0.15) is 23.3 Å². The number of hydrogen-bond donors (Lipinski definition) is 1. The van der Waals surface area contributed by atoms with E-state index in [2.05, 4.69) is 15.2 Å². The van der Waals surface area contributed by atoms with Crippen molar-refractivity contribution >= 4 is 22.7 Å². The van der Waals surface area contributed by atoms with Gasteiger partial charge in [0.15, 0.2) is 11.6 Å². The first kappa shape index (κ1) is 25.8. The molecular formula is C26H30F2N6O4. The van der Waals surface area contributed by atoms with Gasteiger partial charge in [0, 0.05) is 31.7 Å². The van der Waals surface area contributed by atoms with Gasteiger partial charge in [0.2, 0.25) is 0 Å². The smallest absolute Gasteiger partial charge is 0.410 e. The summed E-state index contributed by atoms with van der Waals surface area (Å²) in [5.41, 5.74) is -1.01. The molecule has 0 saturated carbocycles. The summed E-state index contributed by atoms with van der Waals surface area (Å²) >= 11 is 0. The van der Waals surface area contributed by atoms with Gasteiger partial charge in [0.05, 0.1) is 29.2 Å². The van der Waals surface area contributed by atoms with Crippen LogP contribution in [0.3, 0.4) is 0 Å². The zero-order chi connectivity index (χ0) is 27.5. The second-order valence-corrected chi connectivity index (χ2v) is 11.0. The largest absolute Gasteiger partial charge is 0.507 e. The molecule has 202 valence electrons. The molecule has 5 rings (SSSR count). The summed E-state index contributed by atoms with van der Waals surface area (Å²) in [7, 11) is 3.12. The van der Waals surface area contributed by atoms with Gasteiger partial charge in [-0.1, -0.05) is 0 Å². The summed E-state index contributed by atoms with van der Waals surface area (Å²) < 4.78 is 36.8. The molecule has 12 heteroatoms. The van der Waals surface area contributed by atoms with Crippen LogP contribution in [0, 0.1) is 5.82 Å².